The molecule has 7 heteroatoms. The number of hydrogen-bond donors (Lipinski definition) is 2. The maximum absolute atomic E-state index is 12.2. The zero-order chi connectivity index (χ0) is 18.6. The van der Waals surface area contributed by atoms with Crippen molar-refractivity contribution in [1.29, 1.82) is 0 Å². The van der Waals surface area contributed by atoms with Crippen LogP contribution in [0.5, 0.6) is 0 Å². The first-order valence-electron chi connectivity index (χ1n) is 8.86. The van der Waals surface area contributed by atoms with Crippen LogP contribution in [0.1, 0.15) is 43.5 Å². The van der Waals surface area contributed by atoms with Gasteiger partial charge in [-0.1, -0.05) is 13.8 Å². The van der Waals surface area contributed by atoms with E-state index in [-0.39, 0.29) is 11.5 Å². The molecule has 0 aliphatic heterocycles. The molecule has 2 aromatic heterocycles. The zero-order valence-corrected chi connectivity index (χ0v) is 16.5. The van der Waals surface area contributed by atoms with Crippen molar-refractivity contribution in [2.45, 2.75) is 53.5 Å². The van der Waals surface area contributed by atoms with Gasteiger partial charge in [-0.15, -0.1) is 11.3 Å². The fourth-order valence-corrected chi connectivity index (χ4v) is 4.02. The summed E-state index contributed by atoms with van der Waals surface area (Å²) in [6.07, 6.45) is 0.759. The summed E-state index contributed by atoms with van der Waals surface area (Å²) in [5, 5.41) is 3.64. The molecule has 2 rings (SSSR count). The van der Waals surface area contributed by atoms with E-state index in [2.05, 4.69) is 41.0 Å². The third-order valence-electron chi connectivity index (χ3n) is 4.71. The second kappa shape index (κ2) is 8.58. The molecule has 2 N–H and O–H groups in total. The molecule has 0 radical (unpaired) electrons. The predicted octanol–water partition coefficient (Wildman–Crippen LogP) is 2.38. The molecule has 0 spiro atoms. The topological polar surface area (TPSA) is 78.1 Å². The fraction of sp³-hybridized carbons (Fsp3) is 0.611. The van der Waals surface area contributed by atoms with Gasteiger partial charge < -0.3 is 10.3 Å². The first-order chi connectivity index (χ1) is 11.9. The molecule has 0 aliphatic carbocycles. The summed E-state index contributed by atoms with van der Waals surface area (Å²) in [6, 6.07) is 0.310. The SMILES string of the molecule is CCN(CC)C(C)CNC(=O)CCc1nc2sc(C)c(C)c2c(=O)[nH]1. The van der Waals surface area contributed by atoms with Gasteiger partial charge in [0.15, 0.2) is 0 Å². The number of aromatic nitrogens is 2. The number of nitrogens with zero attached hydrogens (tertiary/aromatic N) is 2. The molecule has 0 saturated carbocycles. The summed E-state index contributed by atoms with van der Waals surface area (Å²) in [4.78, 5) is 35.8. The molecule has 25 heavy (non-hydrogen) atoms. The van der Waals surface area contributed by atoms with Gasteiger partial charge in [0.2, 0.25) is 5.91 Å². The molecule has 138 valence electrons. The summed E-state index contributed by atoms with van der Waals surface area (Å²) < 4.78 is 0. The van der Waals surface area contributed by atoms with Gasteiger partial charge in [0.25, 0.3) is 5.56 Å². The third-order valence-corrected chi connectivity index (χ3v) is 5.81. The molecular weight excluding hydrogens is 336 g/mol. The van der Waals surface area contributed by atoms with Gasteiger partial charge in [-0.25, -0.2) is 4.98 Å². The van der Waals surface area contributed by atoms with Crippen LogP contribution in [0.4, 0.5) is 0 Å². The van der Waals surface area contributed by atoms with E-state index in [0.29, 0.717) is 36.6 Å². The standard InChI is InChI=1S/C18H28N4O2S/c1-6-22(7-2)11(3)10-19-15(23)9-8-14-20-17(24)16-12(4)13(5)25-18(16)21-14/h11H,6-10H2,1-5H3,(H,19,23)(H,20,21,24). The van der Waals surface area contributed by atoms with Crippen molar-refractivity contribution < 1.29 is 4.79 Å². The van der Waals surface area contributed by atoms with Gasteiger partial charge in [0, 0.05) is 30.3 Å². The molecule has 2 heterocycles. The molecule has 0 fully saturated rings. The van der Waals surface area contributed by atoms with Crippen molar-refractivity contribution in [3.05, 3.63) is 26.6 Å². The van der Waals surface area contributed by atoms with Gasteiger partial charge >= 0.3 is 0 Å². The monoisotopic (exact) mass is 364 g/mol. The minimum absolute atomic E-state index is 0.0136. The number of carbonyl (C=O) groups excluding carboxylic acids is 1. The zero-order valence-electron chi connectivity index (χ0n) is 15.7. The molecule has 0 aromatic carbocycles. The second-order valence-electron chi connectivity index (χ2n) is 6.35. The maximum atomic E-state index is 12.2. The van der Waals surface area contributed by atoms with Gasteiger partial charge in [0.05, 0.1) is 5.39 Å². The predicted molar refractivity (Wildman–Crippen MR) is 103 cm³/mol. The Bertz CT molecular complexity index is 792. The smallest absolute Gasteiger partial charge is 0.259 e. The molecule has 6 nitrogen and oxygen atoms in total. The van der Waals surface area contributed by atoms with Crippen molar-refractivity contribution in [2.24, 2.45) is 0 Å². The Hall–Kier alpha value is -1.73. The van der Waals surface area contributed by atoms with Crippen LogP contribution < -0.4 is 10.9 Å². The summed E-state index contributed by atoms with van der Waals surface area (Å²) in [5.74, 6) is 0.561. The minimum atomic E-state index is -0.114. The van der Waals surface area contributed by atoms with Crippen LogP contribution in [0.15, 0.2) is 4.79 Å². The Morgan fingerprint density at radius 2 is 2.00 bits per heavy atom. The van der Waals surface area contributed by atoms with Gasteiger partial charge in [0.1, 0.15) is 10.7 Å². The second-order valence-corrected chi connectivity index (χ2v) is 7.55. The fourth-order valence-electron chi connectivity index (χ4n) is 2.98. The van der Waals surface area contributed by atoms with Gasteiger partial charge in [-0.05, 0) is 39.4 Å². The van der Waals surface area contributed by atoms with E-state index in [4.69, 9.17) is 0 Å². The molecule has 0 bridgehead atoms. The van der Waals surface area contributed by atoms with Crippen molar-refractivity contribution in [1.82, 2.24) is 20.2 Å². The number of aromatic amines is 1. The Labute approximate surface area is 152 Å². The van der Waals surface area contributed by atoms with Crippen LogP contribution in [0.25, 0.3) is 10.2 Å². The number of nitrogens with one attached hydrogen (secondary N) is 2. The third kappa shape index (κ3) is 4.67. The van der Waals surface area contributed by atoms with Crippen LogP contribution in [0, 0.1) is 13.8 Å². The summed E-state index contributed by atoms with van der Waals surface area (Å²) in [7, 11) is 0. The molecule has 0 aliphatic rings. The quantitative estimate of drug-likeness (QED) is 0.754. The maximum Gasteiger partial charge on any atom is 0.259 e. The number of aryl methyl sites for hydroxylation is 3. The van der Waals surface area contributed by atoms with E-state index in [0.717, 1.165) is 28.4 Å². The van der Waals surface area contributed by atoms with Crippen molar-refractivity contribution in [2.75, 3.05) is 19.6 Å². The number of H-pyrrole nitrogens is 1. The highest BCUT2D eigenvalue weighted by molar-refractivity contribution is 7.18. The van der Waals surface area contributed by atoms with E-state index in [1.165, 1.54) is 11.3 Å². The van der Waals surface area contributed by atoms with Gasteiger partial charge in [-0.2, -0.15) is 0 Å². The molecule has 1 amide bonds. The first kappa shape index (κ1) is 19.6. The number of carbonyl (C=O) groups is 1. The van der Waals surface area contributed by atoms with Crippen molar-refractivity contribution in [3.63, 3.8) is 0 Å². The van der Waals surface area contributed by atoms with E-state index < -0.39 is 0 Å². The molecular formula is C18H28N4O2S. The van der Waals surface area contributed by atoms with Crippen LogP contribution in [0.2, 0.25) is 0 Å². The van der Waals surface area contributed by atoms with Crippen molar-refractivity contribution >= 4 is 27.5 Å². The number of rotatable bonds is 8. The number of amides is 1. The van der Waals surface area contributed by atoms with E-state index in [9.17, 15) is 9.59 Å². The van der Waals surface area contributed by atoms with Crippen molar-refractivity contribution in [3.8, 4) is 0 Å². The summed E-state index contributed by atoms with van der Waals surface area (Å²) >= 11 is 1.53. The highest BCUT2D eigenvalue weighted by Gasteiger charge is 2.14. The van der Waals surface area contributed by atoms with Crippen LogP contribution in [-0.4, -0.2) is 46.5 Å². The largest absolute Gasteiger partial charge is 0.355 e. The summed E-state index contributed by atoms with van der Waals surface area (Å²) in [6.45, 7) is 12.9. The van der Waals surface area contributed by atoms with Crippen LogP contribution in [-0.2, 0) is 11.2 Å². The van der Waals surface area contributed by atoms with Crippen LogP contribution in [0.3, 0.4) is 0 Å². The normalized spacial score (nSPS) is 12.7. The average molecular weight is 365 g/mol. The lowest BCUT2D eigenvalue weighted by Crippen LogP contribution is -2.42. The van der Waals surface area contributed by atoms with Crippen LogP contribution >= 0.6 is 11.3 Å². The highest BCUT2D eigenvalue weighted by atomic mass is 32.1. The number of likely N-dealkylation sites (N-methyl/N-ethyl adjacent to an activating group) is 1. The minimum Gasteiger partial charge on any atom is -0.355 e. The molecule has 0 saturated heterocycles. The Kier molecular flexibility index (Phi) is 6.72. The molecule has 1 atom stereocenters. The summed E-state index contributed by atoms with van der Waals surface area (Å²) in [5.41, 5.74) is 0.876. The van der Waals surface area contributed by atoms with Gasteiger partial charge in [-0.3, -0.25) is 14.5 Å². The lowest BCUT2D eigenvalue weighted by Gasteiger charge is -2.26. The van der Waals surface area contributed by atoms with E-state index in [1.807, 2.05) is 13.8 Å². The first-order valence-corrected chi connectivity index (χ1v) is 9.68. The number of fused-ring (bicyclic) bond motifs is 1. The Balaban J connectivity index is 1.94. The lowest BCUT2D eigenvalue weighted by molar-refractivity contribution is -0.121. The number of hydrogen-bond acceptors (Lipinski definition) is 5. The lowest BCUT2D eigenvalue weighted by atomic mass is 10.2. The Morgan fingerprint density at radius 1 is 1.32 bits per heavy atom. The molecule has 1 unspecified atom stereocenters. The number of thiophene rings is 1. The van der Waals surface area contributed by atoms with E-state index >= 15 is 0 Å². The average Bonchev–Trinajstić information content (AvgIpc) is 2.86. The van der Waals surface area contributed by atoms with E-state index in [1.54, 1.807) is 0 Å². The Morgan fingerprint density at radius 3 is 2.64 bits per heavy atom. The highest BCUT2D eigenvalue weighted by Crippen LogP contribution is 2.25. The molecule has 2 aromatic rings.